The molecule has 0 amide bonds. The Bertz CT molecular complexity index is 516. The first kappa shape index (κ1) is 18.5. The van der Waals surface area contributed by atoms with Gasteiger partial charge in [0.25, 0.3) is 0 Å². The van der Waals surface area contributed by atoms with Gasteiger partial charge in [0.1, 0.15) is 0 Å². The van der Waals surface area contributed by atoms with Gasteiger partial charge in [0.15, 0.2) is 5.75 Å². The molecule has 1 rings (SSSR count). The zero-order valence-electron chi connectivity index (χ0n) is 14.7. The number of hydrogen-bond acceptors (Lipinski definition) is 3. The maximum atomic E-state index is 11.3. The predicted molar refractivity (Wildman–Crippen MR) is 90.6 cm³/mol. The minimum absolute atomic E-state index is 0.0654. The molecule has 124 valence electrons. The summed E-state index contributed by atoms with van der Waals surface area (Å²) in [7, 11) is 0. The van der Waals surface area contributed by atoms with Crippen LogP contribution in [0.4, 0.5) is 5.69 Å². The number of ether oxygens (including phenoxy) is 1. The Morgan fingerprint density at radius 1 is 1.18 bits per heavy atom. The van der Waals surface area contributed by atoms with Gasteiger partial charge in [-0.05, 0) is 35.3 Å². The lowest BCUT2D eigenvalue weighted by Gasteiger charge is -2.33. The lowest BCUT2D eigenvalue weighted by Crippen LogP contribution is -2.24. The second-order valence-corrected chi connectivity index (χ2v) is 7.76. The van der Waals surface area contributed by atoms with Crippen LogP contribution in [0.15, 0.2) is 18.2 Å². The maximum absolute atomic E-state index is 11.3. The van der Waals surface area contributed by atoms with Gasteiger partial charge in [0.2, 0.25) is 0 Å². The van der Waals surface area contributed by atoms with Crippen molar-refractivity contribution >= 4 is 5.69 Å². The highest BCUT2D eigenvalue weighted by atomic mass is 16.6. The van der Waals surface area contributed by atoms with E-state index < -0.39 is 0 Å². The highest BCUT2D eigenvalue weighted by Gasteiger charge is 2.29. The van der Waals surface area contributed by atoms with Crippen LogP contribution in [0.2, 0.25) is 0 Å². The normalized spacial score (nSPS) is 12.3. The number of nitrogens with zero attached hydrogens (tertiary/aromatic N) is 1. The Morgan fingerprint density at radius 3 is 2.32 bits per heavy atom. The van der Waals surface area contributed by atoms with Crippen LogP contribution in [0.1, 0.15) is 66.4 Å². The smallest absolute Gasteiger partial charge is 0.311 e. The van der Waals surface area contributed by atoms with Crippen molar-refractivity contribution in [2.45, 2.75) is 66.2 Å². The molecule has 0 spiro atoms. The summed E-state index contributed by atoms with van der Waals surface area (Å²) in [6.45, 7) is 13.4. The third kappa shape index (κ3) is 5.32. The first-order valence-electron chi connectivity index (χ1n) is 7.98. The second-order valence-electron chi connectivity index (χ2n) is 7.76. The van der Waals surface area contributed by atoms with Crippen molar-refractivity contribution in [2.75, 3.05) is 6.61 Å². The lowest BCUT2D eigenvalue weighted by atomic mass is 9.72. The van der Waals surface area contributed by atoms with Gasteiger partial charge in [-0.15, -0.1) is 0 Å². The molecule has 0 unspecified atom stereocenters. The molecule has 0 bridgehead atoms. The van der Waals surface area contributed by atoms with Gasteiger partial charge in [0, 0.05) is 6.07 Å². The third-order valence-electron chi connectivity index (χ3n) is 3.66. The van der Waals surface area contributed by atoms with Gasteiger partial charge >= 0.3 is 5.69 Å². The molecule has 0 fully saturated rings. The zero-order valence-corrected chi connectivity index (χ0v) is 14.7. The number of unbranched alkanes of at least 4 members (excludes halogenated alkanes) is 1. The van der Waals surface area contributed by atoms with Crippen LogP contribution in [-0.2, 0) is 5.41 Å². The average Bonchev–Trinajstić information content (AvgIpc) is 2.36. The molecule has 0 aromatic heterocycles. The number of rotatable bonds is 7. The number of benzene rings is 1. The van der Waals surface area contributed by atoms with E-state index in [0.717, 1.165) is 24.8 Å². The van der Waals surface area contributed by atoms with Crippen molar-refractivity contribution in [3.63, 3.8) is 0 Å². The maximum Gasteiger partial charge on any atom is 0.311 e. The Morgan fingerprint density at radius 2 is 1.82 bits per heavy atom. The van der Waals surface area contributed by atoms with Crippen LogP contribution in [-0.4, -0.2) is 11.5 Å². The van der Waals surface area contributed by atoms with E-state index in [0.29, 0.717) is 12.4 Å². The molecule has 0 heterocycles. The molecule has 0 atom stereocenters. The van der Waals surface area contributed by atoms with Crippen molar-refractivity contribution in [3.05, 3.63) is 33.9 Å². The topological polar surface area (TPSA) is 52.4 Å². The molecule has 0 saturated heterocycles. The lowest BCUT2D eigenvalue weighted by molar-refractivity contribution is -0.386. The van der Waals surface area contributed by atoms with Crippen molar-refractivity contribution in [1.82, 2.24) is 0 Å². The molecular formula is C18H29NO3. The van der Waals surface area contributed by atoms with Gasteiger partial charge in [0.05, 0.1) is 11.5 Å². The standard InChI is InChI=1S/C18H29NO3/c1-7-8-11-22-16-10-9-14(12-15(16)19(20)21)18(5,6)13-17(2,3)4/h9-10,12H,7-8,11,13H2,1-6H3. The second kappa shape index (κ2) is 7.12. The molecule has 22 heavy (non-hydrogen) atoms. The summed E-state index contributed by atoms with van der Waals surface area (Å²) in [5.74, 6) is 0.369. The largest absolute Gasteiger partial charge is 0.487 e. The van der Waals surface area contributed by atoms with Crippen LogP contribution in [0, 0.1) is 15.5 Å². The van der Waals surface area contributed by atoms with Crippen molar-refractivity contribution in [1.29, 1.82) is 0 Å². The summed E-state index contributed by atoms with van der Waals surface area (Å²) in [6.07, 6.45) is 2.85. The van der Waals surface area contributed by atoms with E-state index in [1.54, 1.807) is 12.1 Å². The fourth-order valence-corrected chi connectivity index (χ4v) is 2.96. The summed E-state index contributed by atoms with van der Waals surface area (Å²) in [4.78, 5) is 11.0. The third-order valence-corrected chi connectivity index (χ3v) is 3.66. The molecule has 4 heteroatoms. The molecular weight excluding hydrogens is 278 g/mol. The molecule has 1 aromatic carbocycles. The molecule has 0 saturated carbocycles. The van der Waals surface area contributed by atoms with Gasteiger partial charge in [-0.2, -0.15) is 0 Å². The quantitative estimate of drug-likeness (QED) is 0.380. The van der Waals surface area contributed by atoms with E-state index in [1.165, 1.54) is 0 Å². The molecule has 0 radical (unpaired) electrons. The number of nitro benzene ring substituents is 1. The van der Waals surface area contributed by atoms with Crippen LogP contribution in [0.5, 0.6) is 5.75 Å². The Hall–Kier alpha value is -1.58. The molecule has 0 aliphatic carbocycles. The minimum atomic E-state index is -0.349. The van der Waals surface area contributed by atoms with Crippen LogP contribution < -0.4 is 4.74 Å². The SMILES string of the molecule is CCCCOc1ccc(C(C)(C)CC(C)(C)C)cc1[N+](=O)[O-]. The van der Waals surface area contributed by atoms with Crippen LogP contribution >= 0.6 is 0 Å². The number of nitro groups is 1. The Balaban J connectivity index is 3.09. The van der Waals surface area contributed by atoms with E-state index in [4.69, 9.17) is 4.74 Å². The molecule has 1 aromatic rings. The van der Waals surface area contributed by atoms with E-state index in [-0.39, 0.29) is 21.4 Å². The van der Waals surface area contributed by atoms with Gasteiger partial charge in [-0.25, -0.2) is 0 Å². The summed E-state index contributed by atoms with van der Waals surface area (Å²) >= 11 is 0. The van der Waals surface area contributed by atoms with Crippen molar-refractivity contribution in [2.24, 2.45) is 5.41 Å². The highest BCUT2D eigenvalue weighted by Crippen LogP contribution is 2.39. The molecule has 0 N–H and O–H groups in total. The first-order valence-corrected chi connectivity index (χ1v) is 7.98. The summed E-state index contributed by atoms with van der Waals surface area (Å²) in [6, 6.07) is 5.38. The summed E-state index contributed by atoms with van der Waals surface area (Å²) < 4.78 is 5.57. The Kier molecular flexibility index (Phi) is 5.98. The van der Waals surface area contributed by atoms with E-state index >= 15 is 0 Å². The average molecular weight is 307 g/mol. The zero-order chi connectivity index (χ0) is 17.0. The highest BCUT2D eigenvalue weighted by molar-refractivity contribution is 5.50. The van der Waals surface area contributed by atoms with E-state index in [1.807, 2.05) is 6.07 Å². The fourth-order valence-electron chi connectivity index (χ4n) is 2.96. The van der Waals surface area contributed by atoms with Crippen molar-refractivity contribution < 1.29 is 9.66 Å². The van der Waals surface area contributed by atoms with Crippen molar-refractivity contribution in [3.8, 4) is 5.75 Å². The predicted octanol–water partition coefficient (Wildman–Crippen LogP) is 5.49. The summed E-state index contributed by atoms with van der Waals surface area (Å²) in [5.41, 5.74) is 1.09. The van der Waals surface area contributed by atoms with E-state index in [2.05, 4.69) is 41.5 Å². The van der Waals surface area contributed by atoms with Gasteiger partial charge in [-0.3, -0.25) is 10.1 Å². The summed E-state index contributed by atoms with van der Waals surface area (Å²) in [5, 5.41) is 11.3. The molecule has 0 aliphatic heterocycles. The number of hydrogen-bond donors (Lipinski definition) is 0. The Labute approximate surface area is 134 Å². The van der Waals surface area contributed by atoms with Crippen LogP contribution in [0.3, 0.4) is 0 Å². The fraction of sp³-hybridized carbons (Fsp3) is 0.667. The van der Waals surface area contributed by atoms with Gasteiger partial charge in [-0.1, -0.05) is 54.0 Å². The molecule has 0 aliphatic rings. The van der Waals surface area contributed by atoms with E-state index in [9.17, 15) is 10.1 Å². The minimum Gasteiger partial charge on any atom is -0.487 e. The molecule has 4 nitrogen and oxygen atoms in total. The first-order chi connectivity index (χ1) is 10.1. The van der Waals surface area contributed by atoms with Crippen LogP contribution in [0.25, 0.3) is 0 Å². The van der Waals surface area contributed by atoms with Gasteiger partial charge < -0.3 is 4.74 Å². The monoisotopic (exact) mass is 307 g/mol.